The first-order valence-corrected chi connectivity index (χ1v) is 10.6. The fourth-order valence-corrected chi connectivity index (χ4v) is 4.53. The zero-order valence-electron chi connectivity index (χ0n) is 17.0. The number of para-hydroxylation sites is 2. The molecule has 0 aliphatic carbocycles. The highest BCUT2D eigenvalue weighted by Crippen LogP contribution is 2.48. The van der Waals surface area contributed by atoms with Crippen molar-refractivity contribution in [2.45, 2.75) is 22.8 Å². The first-order chi connectivity index (χ1) is 15.2. The van der Waals surface area contributed by atoms with Gasteiger partial charge in [0.1, 0.15) is 11.8 Å². The van der Waals surface area contributed by atoms with Crippen LogP contribution in [0.3, 0.4) is 0 Å². The molecule has 1 aliphatic heterocycles. The summed E-state index contributed by atoms with van der Waals surface area (Å²) in [6.45, 7) is 1.79. The molecule has 4 aromatic rings. The SMILES string of the molecule is COc1ccc(-c2nnn([C@@H](C)C(=O)N3c4ccccc4Sc4ccccc43)n2)cc1. The summed E-state index contributed by atoms with van der Waals surface area (Å²) in [4.78, 5) is 18.8. The normalized spacial score (nSPS) is 13.3. The van der Waals surface area contributed by atoms with Crippen molar-refractivity contribution in [3.05, 3.63) is 72.8 Å². The summed E-state index contributed by atoms with van der Waals surface area (Å²) in [5, 5.41) is 12.8. The molecular weight excluding hydrogens is 410 g/mol. The summed E-state index contributed by atoms with van der Waals surface area (Å²) >= 11 is 1.66. The summed E-state index contributed by atoms with van der Waals surface area (Å²) in [6, 6.07) is 22.6. The summed E-state index contributed by atoms with van der Waals surface area (Å²) < 4.78 is 5.19. The third kappa shape index (κ3) is 3.44. The van der Waals surface area contributed by atoms with Gasteiger partial charge in [0.2, 0.25) is 5.82 Å². The van der Waals surface area contributed by atoms with E-state index in [4.69, 9.17) is 4.74 Å². The number of aromatic nitrogens is 4. The van der Waals surface area contributed by atoms with E-state index in [1.54, 1.807) is 30.7 Å². The lowest BCUT2D eigenvalue weighted by atomic mass is 10.2. The van der Waals surface area contributed by atoms with Crippen LogP contribution in [-0.4, -0.2) is 33.2 Å². The summed E-state index contributed by atoms with van der Waals surface area (Å²) in [5.74, 6) is 1.08. The van der Waals surface area contributed by atoms with Gasteiger partial charge in [0.05, 0.1) is 18.5 Å². The van der Waals surface area contributed by atoms with Gasteiger partial charge in [0.25, 0.3) is 5.91 Å². The molecule has 8 heteroatoms. The van der Waals surface area contributed by atoms with Gasteiger partial charge in [-0.25, -0.2) is 0 Å². The molecule has 31 heavy (non-hydrogen) atoms. The molecule has 0 spiro atoms. The molecule has 1 amide bonds. The highest BCUT2D eigenvalue weighted by atomic mass is 32.2. The number of tetrazole rings is 1. The molecule has 1 atom stereocenters. The first-order valence-electron chi connectivity index (χ1n) is 9.79. The number of carbonyl (C=O) groups is 1. The minimum atomic E-state index is -0.635. The molecule has 5 rings (SSSR count). The predicted octanol–water partition coefficient (Wildman–Crippen LogP) is 4.74. The molecule has 0 N–H and O–H groups in total. The molecule has 1 aliphatic rings. The number of fused-ring (bicyclic) bond motifs is 2. The quantitative estimate of drug-likeness (QED) is 0.467. The van der Waals surface area contributed by atoms with Crippen LogP contribution in [0.4, 0.5) is 11.4 Å². The number of hydrogen-bond acceptors (Lipinski definition) is 6. The van der Waals surface area contributed by atoms with Crippen LogP contribution >= 0.6 is 11.8 Å². The van der Waals surface area contributed by atoms with Crippen molar-refractivity contribution in [2.24, 2.45) is 0 Å². The van der Waals surface area contributed by atoms with Crippen molar-refractivity contribution in [2.75, 3.05) is 12.0 Å². The van der Waals surface area contributed by atoms with Crippen LogP contribution in [0.1, 0.15) is 13.0 Å². The smallest absolute Gasteiger partial charge is 0.258 e. The summed E-state index contributed by atoms with van der Waals surface area (Å²) in [7, 11) is 1.62. The van der Waals surface area contributed by atoms with Crippen LogP contribution in [0.5, 0.6) is 5.75 Å². The van der Waals surface area contributed by atoms with Crippen molar-refractivity contribution >= 4 is 29.0 Å². The zero-order chi connectivity index (χ0) is 21.4. The molecule has 0 fully saturated rings. The van der Waals surface area contributed by atoms with Crippen molar-refractivity contribution < 1.29 is 9.53 Å². The number of methoxy groups -OCH3 is 1. The highest BCUT2D eigenvalue weighted by molar-refractivity contribution is 7.99. The topological polar surface area (TPSA) is 73.1 Å². The Morgan fingerprint density at radius 2 is 1.55 bits per heavy atom. The van der Waals surface area contributed by atoms with Crippen LogP contribution in [0.15, 0.2) is 82.6 Å². The third-order valence-corrected chi connectivity index (χ3v) is 6.26. The van der Waals surface area contributed by atoms with Crippen LogP contribution in [0.25, 0.3) is 11.4 Å². The first kappa shape index (κ1) is 19.3. The average molecular weight is 430 g/mol. The second-order valence-electron chi connectivity index (χ2n) is 7.05. The standard InChI is InChI=1S/C23H19N5O2S/c1-15(28-25-22(24-26-28)16-11-13-17(30-2)14-12-16)23(29)27-18-7-3-5-9-20(18)31-21-10-6-4-8-19(21)27/h3-15H,1-2H3/t15-/m0/s1. The second kappa shape index (κ2) is 7.88. The van der Waals surface area contributed by atoms with E-state index < -0.39 is 6.04 Å². The van der Waals surface area contributed by atoms with E-state index >= 15 is 0 Å². The van der Waals surface area contributed by atoms with Crippen LogP contribution < -0.4 is 9.64 Å². The number of carbonyl (C=O) groups excluding carboxylic acids is 1. The molecule has 0 saturated carbocycles. The molecule has 0 radical (unpaired) electrons. The Bertz CT molecular complexity index is 1210. The van der Waals surface area contributed by atoms with Gasteiger partial charge >= 0.3 is 0 Å². The van der Waals surface area contributed by atoms with Gasteiger partial charge in [-0.3, -0.25) is 9.69 Å². The monoisotopic (exact) mass is 429 g/mol. The van der Waals surface area contributed by atoms with E-state index in [2.05, 4.69) is 15.4 Å². The van der Waals surface area contributed by atoms with Crippen molar-refractivity contribution in [3.63, 3.8) is 0 Å². The van der Waals surface area contributed by atoms with Gasteiger partial charge < -0.3 is 4.74 Å². The van der Waals surface area contributed by atoms with Gasteiger partial charge in [-0.05, 0) is 60.7 Å². The van der Waals surface area contributed by atoms with Crippen LogP contribution in [-0.2, 0) is 4.79 Å². The van der Waals surface area contributed by atoms with Crippen LogP contribution in [0.2, 0.25) is 0 Å². The molecule has 1 aromatic heterocycles. The second-order valence-corrected chi connectivity index (χ2v) is 8.13. The maximum absolute atomic E-state index is 13.6. The number of amides is 1. The van der Waals surface area contributed by atoms with Gasteiger partial charge in [-0.2, -0.15) is 4.80 Å². The van der Waals surface area contributed by atoms with E-state index in [1.807, 2.05) is 72.8 Å². The number of anilines is 2. The Hall–Kier alpha value is -3.65. The van der Waals surface area contributed by atoms with Gasteiger partial charge in [0, 0.05) is 15.4 Å². The van der Waals surface area contributed by atoms with Gasteiger partial charge in [-0.1, -0.05) is 36.0 Å². The van der Waals surface area contributed by atoms with Gasteiger partial charge in [0.15, 0.2) is 0 Å². The number of benzene rings is 3. The lowest BCUT2D eigenvalue weighted by Crippen LogP contribution is -2.35. The molecule has 0 saturated heterocycles. The fourth-order valence-electron chi connectivity index (χ4n) is 3.47. The minimum absolute atomic E-state index is 0.126. The lowest BCUT2D eigenvalue weighted by molar-refractivity contribution is -0.121. The molecular formula is C23H19N5O2S. The van der Waals surface area contributed by atoms with E-state index in [0.717, 1.165) is 32.5 Å². The van der Waals surface area contributed by atoms with Gasteiger partial charge in [-0.15, -0.1) is 10.2 Å². The van der Waals surface area contributed by atoms with E-state index in [0.29, 0.717) is 5.82 Å². The molecule has 7 nitrogen and oxygen atoms in total. The molecule has 0 bridgehead atoms. The molecule has 2 heterocycles. The maximum atomic E-state index is 13.6. The molecule has 3 aromatic carbocycles. The van der Waals surface area contributed by atoms with Crippen molar-refractivity contribution in [1.29, 1.82) is 0 Å². The number of hydrogen-bond donors (Lipinski definition) is 0. The zero-order valence-corrected chi connectivity index (χ0v) is 17.8. The molecule has 0 unspecified atom stereocenters. The summed E-state index contributed by atoms with van der Waals surface area (Å²) in [5.41, 5.74) is 2.52. The van der Waals surface area contributed by atoms with E-state index in [1.165, 1.54) is 4.80 Å². The van der Waals surface area contributed by atoms with E-state index in [-0.39, 0.29) is 5.91 Å². The van der Waals surface area contributed by atoms with E-state index in [9.17, 15) is 4.79 Å². The highest BCUT2D eigenvalue weighted by Gasteiger charge is 2.32. The van der Waals surface area contributed by atoms with Crippen molar-refractivity contribution in [1.82, 2.24) is 20.2 Å². The minimum Gasteiger partial charge on any atom is -0.497 e. The lowest BCUT2D eigenvalue weighted by Gasteiger charge is -2.32. The Labute approximate surface area is 183 Å². The Balaban J connectivity index is 1.48. The van der Waals surface area contributed by atoms with Crippen molar-refractivity contribution in [3.8, 4) is 17.1 Å². The Morgan fingerprint density at radius 3 is 2.16 bits per heavy atom. The van der Waals surface area contributed by atoms with Crippen LogP contribution in [0, 0.1) is 0 Å². The average Bonchev–Trinajstić information content (AvgIpc) is 3.32. The largest absolute Gasteiger partial charge is 0.497 e. The third-order valence-electron chi connectivity index (χ3n) is 5.13. The number of rotatable bonds is 4. The number of ether oxygens (including phenoxy) is 1. The predicted molar refractivity (Wildman–Crippen MR) is 119 cm³/mol. The Morgan fingerprint density at radius 1 is 0.935 bits per heavy atom. The maximum Gasteiger partial charge on any atom is 0.258 e. The summed E-state index contributed by atoms with van der Waals surface area (Å²) in [6.07, 6.45) is 0. The number of nitrogens with zero attached hydrogens (tertiary/aromatic N) is 5. The molecule has 154 valence electrons. The fraction of sp³-hybridized carbons (Fsp3) is 0.130. The Kier molecular flexibility index (Phi) is 4.91.